The first-order chi connectivity index (χ1) is 8.38. The third-order valence-electron chi connectivity index (χ3n) is 3.57. The molecule has 100 valence electrons. The Labute approximate surface area is 109 Å². The Kier molecular flexibility index (Phi) is 3.61. The highest BCUT2D eigenvalue weighted by Crippen LogP contribution is 2.28. The molecule has 1 aliphatic carbocycles. The van der Waals surface area contributed by atoms with Crippen molar-refractivity contribution in [3.05, 3.63) is 23.5 Å². The molecule has 1 N–H and O–H groups in total. The van der Waals surface area contributed by atoms with Gasteiger partial charge in [-0.15, -0.1) is 0 Å². The van der Waals surface area contributed by atoms with Crippen molar-refractivity contribution in [2.75, 3.05) is 11.6 Å². The number of aryl methyl sites for hydroxylation is 2. The highest BCUT2D eigenvalue weighted by molar-refractivity contribution is 7.91. The van der Waals surface area contributed by atoms with Crippen LogP contribution in [0, 0.1) is 13.8 Å². The molecule has 2 atom stereocenters. The Morgan fingerprint density at radius 1 is 1.28 bits per heavy atom. The minimum atomic E-state index is -2.98. The monoisotopic (exact) mass is 268 g/mol. The Hall–Kier alpha value is -1.10. The van der Waals surface area contributed by atoms with Crippen LogP contribution in [0.1, 0.15) is 30.7 Å². The first-order valence-corrected chi connectivity index (χ1v) is 8.23. The number of rotatable bonds is 3. The van der Waals surface area contributed by atoms with Gasteiger partial charge < -0.3 is 5.32 Å². The van der Waals surface area contributed by atoms with E-state index in [2.05, 4.69) is 10.3 Å². The summed E-state index contributed by atoms with van der Waals surface area (Å²) in [7, 11) is -2.98. The SMILES string of the molecule is Cc1ccc(NC2CCCC2S(C)(=O)=O)c(C)n1. The van der Waals surface area contributed by atoms with Crippen LogP contribution in [0.15, 0.2) is 12.1 Å². The topological polar surface area (TPSA) is 59.1 Å². The molecule has 1 fully saturated rings. The van der Waals surface area contributed by atoms with Gasteiger partial charge in [0.25, 0.3) is 0 Å². The highest BCUT2D eigenvalue weighted by atomic mass is 32.2. The number of nitrogens with zero attached hydrogens (tertiary/aromatic N) is 1. The molecular formula is C13H20N2O2S. The molecule has 0 aromatic carbocycles. The fraction of sp³-hybridized carbons (Fsp3) is 0.615. The van der Waals surface area contributed by atoms with Crippen LogP contribution in [-0.4, -0.2) is 30.9 Å². The van der Waals surface area contributed by atoms with Gasteiger partial charge in [0, 0.05) is 18.0 Å². The zero-order chi connectivity index (χ0) is 13.3. The first-order valence-electron chi connectivity index (χ1n) is 6.27. The van der Waals surface area contributed by atoms with Gasteiger partial charge in [0.05, 0.1) is 16.6 Å². The van der Waals surface area contributed by atoms with Gasteiger partial charge in [-0.25, -0.2) is 8.42 Å². The summed E-state index contributed by atoms with van der Waals surface area (Å²) in [5, 5.41) is 3.09. The van der Waals surface area contributed by atoms with Crippen LogP contribution in [0.25, 0.3) is 0 Å². The van der Waals surface area contributed by atoms with Crippen LogP contribution < -0.4 is 5.32 Å². The van der Waals surface area contributed by atoms with E-state index in [0.717, 1.165) is 36.3 Å². The lowest BCUT2D eigenvalue weighted by Gasteiger charge is -2.21. The molecule has 2 rings (SSSR count). The van der Waals surface area contributed by atoms with Gasteiger partial charge in [0.1, 0.15) is 0 Å². The molecule has 1 aliphatic rings. The molecule has 0 aliphatic heterocycles. The maximum absolute atomic E-state index is 11.7. The van der Waals surface area contributed by atoms with Gasteiger partial charge >= 0.3 is 0 Å². The second kappa shape index (κ2) is 4.88. The van der Waals surface area contributed by atoms with E-state index in [0.29, 0.717) is 0 Å². The summed E-state index contributed by atoms with van der Waals surface area (Å²) in [5.74, 6) is 0. The minimum absolute atomic E-state index is 0.0169. The number of sulfone groups is 1. The van der Waals surface area contributed by atoms with Gasteiger partial charge in [-0.05, 0) is 45.2 Å². The molecule has 0 saturated heterocycles. The number of hydrogen-bond donors (Lipinski definition) is 1. The molecule has 0 radical (unpaired) electrons. The second-order valence-corrected chi connectivity index (χ2v) is 7.40. The summed E-state index contributed by atoms with van der Waals surface area (Å²) in [6, 6.07) is 3.94. The molecule has 2 unspecified atom stereocenters. The summed E-state index contributed by atoms with van der Waals surface area (Å²) in [6.45, 7) is 3.89. The van der Waals surface area contributed by atoms with Crippen LogP contribution in [0.4, 0.5) is 5.69 Å². The van der Waals surface area contributed by atoms with Gasteiger partial charge in [-0.3, -0.25) is 4.98 Å². The lowest BCUT2D eigenvalue weighted by atomic mass is 10.2. The molecular weight excluding hydrogens is 248 g/mol. The molecule has 5 heteroatoms. The minimum Gasteiger partial charge on any atom is -0.380 e. The highest BCUT2D eigenvalue weighted by Gasteiger charge is 2.34. The summed E-state index contributed by atoms with van der Waals surface area (Å²) in [6.07, 6.45) is 3.96. The molecule has 0 amide bonds. The standard InChI is InChI=1S/C13H20N2O2S/c1-9-7-8-11(10(2)14-9)15-12-5-4-6-13(12)18(3,16)17/h7-8,12-13,15H,4-6H2,1-3H3. The van der Waals surface area contributed by atoms with E-state index in [-0.39, 0.29) is 11.3 Å². The quantitative estimate of drug-likeness (QED) is 0.911. The molecule has 0 spiro atoms. The van der Waals surface area contributed by atoms with Gasteiger partial charge in [0.15, 0.2) is 9.84 Å². The van der Waals surface area contributed by atoms with Crippen LogP contribution in [0.3, 0.4) is 0 Å². The molecule has 0 bridgehead atoms. The van der Waals surface area contributed by atoms with Gasteiger partial charge in [0.2, 0.25) is 0 Å². The number of pyridine rings is 1. The van der Waals surface area contributed by atoms with Crippen LogP contribution in [0.5, 0.6) is 0 Å². The van der Waals surface area contributed by atoms with E-state index in [4.69, 9.17) is 0 Å². The predicted molar refractivity (Wildman–Crippen MR) is 73.6 cm³/mol. The Morgan fingerprint density at radius 2 is 2.00 bits per heavy atom. The first kappa shape index (κ1) is 13.3. The van der Waals surface area contributed by atoms with Crippen molar-refractivity contribution in [3.63, 3.8) is 0 Å². The van der Waals surface area contributed by atoms with Crippen molar-refractivity contribution in [2.24, 2.45) is 0 Å². The number of nitrogens with one attached hydrogen (secondary N) is 1. The van der Waals surface area contributed by atoms with E-state index in [9.17, 15) is 8.42 Å². The van der Waals surface area contributed by atoms with Crippen molar-refractivity contribution in [2.45, 2.75) is 44.4 Å². The maximum Gasteiger partial charge on any atom is 0.152 e. The zero-order valence-corrected chi connectivity index (χ0v) is 11.9. The largest absolute Gasteiger partial charge is 0.380 e. The average molecular weight is 268 g/mol. The maximum atomic E-state index is 11.7. The zero-order valence-electron chi connectivity index (χ0n) is 11.1. The van der Waals surface area contributed by atoms with Crippen LogP contribution >= 0.6 is 0 Å². The predicted octanol–water partition coefficient (Wildman–Crippen LogP) is 2.08. The lowest BCUT2D eigenvalue weighted by Crippen LogP contribution is -2.34. The lowest BCUT2D eigenvalue weighted by molar-refractivity contribution is 0.579. The Balaban J connectivity index is 2.18. The number of aromatic nitrogens is 1. The smallest absolute Gasteiger partial charge is 0.152 e. The summed E-state index contributed by atoms with van der Waals surface area (Å²) in [5.41, 5.74) is 2.85. The van der Waals surface area contributed by atoms with E-state index < -0.39 is 9.84 Å². The third-order valence-corrected chi connectivity index (χ3v) is 5.23. The Bertz CT molecular complexity index is 540. The van der Waals surface area contributed by atoms with Crippen molar-refractivity contribution >= 4 is 15.5 Å². The number of anilines is 1. The molecule has 18 heavy (non-hydrogen) atoms. The molecule has 1 aromatic rings. The normalized spacial score (nSPS) is 24.2. The van der Waals surface area contributed by atoms with Crippen LogP contribution in [0.2, 0.25) is 0 Å². The van der Waals surface area contributed by atoms with Crippen molar-refractivity contribution in [3.8, 4) is 0 Å². The fourth-order valence-electron chi connectivity index (χ4n) is 2.64. The number of hydrogen-bond acceptors (Lipinski definition) is 4. The summed E-state index contributed by atoms with van der Waals surface area (Å²) >= 11 is 0. The van der Waals surface area contributed by atoms with Crippen molar-refractivity contribution in [1.82, 2.24) is 4.98 Å². The van der Waals surface area contributed by atoms with Gasteiger partial charge in [-0.2, -0.15) is 0 Å². The van der Waals surface area contributed by atoms with Crippen LogP contribution in [-0.2, 0) is 9.84 Å². The van der Waals surface area contributed by atoms with E-state index in [1.54, 1.807) is 0 Å². The van der Waals surface area contributed by atoms with Crippen molar-refractivity contribution < 1.29 is 8.42 Å². The van der Waals surface area contributed by atoms with E-state index in [1.165, 1.54) is 6.26 Å². The van der Waals surface area contributed by atoms with E-state index in [1.807, 2.05) is 26.0 Å². The van der Waals surface area contributed by atoms with E-state index >= 15 is 0 Å². The molecule has 1 saturated carbocycles. The molecule has 1 aromatic heterocycles. The molecule has 4 nitrogen and oxygen atoms in total. The van der Waals surface area contributed by atoms with Crippen molar-refractivity contribution in [1.29, 1.82) is 0 Å². The third kappa shape index (κ3) is 2.83. The summed E-state index contributed by atoms with van der Waals surface area (Å²) < 4.78 is 23.4. The van der Waals surface area contributed by atoms with Gasteiger partial charge in [-0.1, -0.05) is 0 Å². The average Bonchev–Trinajstić information content (AvgIpc) is 2.70. The molecule has 1 heterocycles. The fourth-order valence-corrected chi connectivity index (χ4v) is 4.04. The summed E-state index contributed by atoms with van der Waals surface area (Å²) in [4.78, 5) is 4.39. The second-order valence-electron chi connectivity index (χ2n) is 5.14. The Morgan fingerprint density at radius 3 is 2.61 bits per heavy atom.